The third kappa shape index (κ3) is 4.58. The summed E-state index contributed by atoms with van der Waals surface area (Å²) in [6.07, 6.45) is 7.03. The van der Waals surface area contributed by atoms with Crippen molar-refractivity contribution >= 4 is 11.8 Å². The van der Waals surface area contributed by atoms with Gasteiger partial charge >= 0.3 is 0 Å². The van der Waals surface area contributed by atoms with E-state index in [9.17, 15) is 9.59 Å². The SMILES string of the molecule is COc1ccc(OC)c(CC(=O)N2CCCC3(CCOCC3)C2C(=O)N2CCCCC2)c1. The number of benzene rings is 1. The molecule has 7 heteroatoms. The zero-order valence-corrected chi connectivity index (χ0v) is 19.4. The van der Waals surface area contributed by atoms with E-state index in [1.165, 1.54) is 6.42 Å². The molecule has 0 radical (unpaired) electrons. The number of hydrogen-bond donors (Lipinski definition) is 0. The Morgan fingerprint density at radius 3 is 2.44 bits per heavy atom. The summed E-state index contributed by atoms with van der Waals surface area (Å²) in [6, 6.07) is 5.11. The van der Waals surface area contributed by atoms with E-state index in [4.69, 9.17) is 14.2 Å². The van der Waals surface area contributed by atoms with Crippen LogP contribution in [0.3, 0.4) is 0 Å². The standard InChI is InChI=1S/C25H36N2O5/c1-30-20-7-8-21(31-2)19(17-20)18-22(28)27-14-6-9-25(10-15-32-16-11-25)23(27)24(29)26-12-4-3-5-13-26/h7-8,17,23H,3-6,9-16,18H2,1-2H3. The van der Waals surface area contributed by atoms with Crippen LogP contribution in [0.25, 0.3) is 0 Å². The molecule has 0 N–H and O–H groups in total. The molecule has 4 rings (SSSR count). The summed E-state index contributed by atoms with van der Waals surface area (Å²) in [7, 11) is 3.22. The highest BCUT2D eigenvalue weighted by molar-refractivity contribution is 5.90. The second-order valence-corrected chi connectivity index (χ2v) is 9.31. The van der Waals surface area contributed by atoms with Crippen molar-refractivity contribution in [2.75, 3.05) is 47.1 Å². The molecule has 0 bridgehead atoms. The summed E-state index contributed by atoms with van der Waals surface area (Å²) < 4.78 is 16.5. The van der Waals surface area contributed by atoms with Crippen LogP contribution in [0.5, 0.6) is 11.5 Å². The minimum atomic E-state index is -0.401. The van der Waals surface area contributed by atoms with Crippen molar-refractivity contribution in [1.29, 1.82) is 0 Å². The lowest BCUT2D eigenvalue weighted by Gasteiger charge is -2.52. The number of piperidine rings is 2. The average molecular weight is 445 g/mol. The van der Waals surface area contributed by atoms with Crippen LogP contribution < -0.4 is 9.47 Å². The molecule has 3 fully saturated rings. The molecule has 1 atom stereocenters. The van der Waals surface area contributed by atoms with E-state index in [1.54, 1.807) is 14.2 Å². The minimum absolute atomic E-state index is 0.0162. The van der Waals surface area contributed by atoms with Gasteiger partial charge in [-0.3, -0.25) is 9.59 Å². The number of ether oxygens (including phenoxy) is 3. The first-order valence-corrected chi connectivity index (χ1v) is 11.9. The van der Waals surface area contributed by atoms with Gasteiger partial charge in [0.1, 0.15) is 17.5 Å². The summed E-state index contributed by atoms with van der Waals surface area (Å²) in [5.41, 5.74) is 0.603. The molecule has 0 aliphatic carbocycles. The fourth-order valence-corrected chi connectivity index (χ4v) is 5.73. The molecule has 32 heavy (non-hydrogen) atoms. The first-order chi connectivity index (χ1) is 15.6. The first kappa shape index (κ1) is 22.9. The number of methoxy groups -OCH3 is 2. The smallest absolute Gasteiger partial charge is 0.245 e. The van der Waals surface area contributed by atoms with Crippen LogP contribution in [0, 0.1) is 5.41 Å². The molecular weight excluding hydrogens is 408 g/mol. The highest BCUT2D eigenvalue weighted by Gasteiger charge is 2.51. The van der Waals surface area contributed by atoms with E-state index in [1.807, 2.05) is 28.0 Å². The summed E-state index contributed by atoms with van der Waals surface area (Å²) in [5.74, 6) is 1.47. The van der Waals surface area contributed by atoms with E-state index in [2.05, 4.69) is 0 Å². The van der Waals surface area contributed by atoms with E-state index in [0.29, 0.717) is 31.3 Å². The highest BCUT2D eigenvalue weighted by atomic mass is 16.5. The Hall–Kier alpha value is -2.28. The molecule has 7 nitrogen and oxygen atoms in total. The number of likely N-dealkylation sites (tertiary alicyclic amines) is 2. The van der Waals surface area contributed by atoms with Crippen LogP contribution in [0.1, 0.15) is 50.5 Å². The maximum absolute atomic E-state index is 13.9. The molecule has 3 saturated heterocycles. The van der Waals surface area contributed by atoms with Crippen LogP contribution >= 0.6 is 0 Å². The van der Waals surface area contributed by atoms with Gasteiger partial charge in [0.15, 0.2) is 0 Å². The second kappa shape index (κ2) is 10.1. The second-order valence-electron chi connectivity index (χ2n) is 9.31. The van der Waals surface area contributed by atoms with Crippen molar-refractivity contribution in [3.63, 3.8) is 0 Å². The third-order valence-electron chi connectivity index (χ3n) is 7.51. The fourth-order valence-electron chi connectivity index (χ4n) is 5.73. The van der Waals surface area contributed by atoms with Gasteiger partial charge in [-0.25, -0.2) is 0 Å². The maximum atomic E-state index is 13.9. The first-order valence-electron chi connectivity index (χ1n) is 11.9. The molecule has 3 aliphatic heterocycles. The topological polar surface area (TPSA) is 68.3 Å². The van der Waals surface area contributed by atoms with Gasteiger partial charge in [0.05, 0.1) is 20.6 Å². The summed E-state index contributed by atoms with van der Waals surface area (Å²) in [4.78, 5) is 31.4. The molecule has 176 valence electrons. The van der Waals surface area contributed by atoms with Gasteiger partial charge in [0.2, 0.25) is 11.8 Å². The number of amides is 2. The molecule has 1 aromatic rings. The van der Waals surface area contributed by atoms with Gasteiger partial charge in [-0.05, 0) is 63.1 Å². The Bertz CT molecular complexity index is 809. The molecule has 1 spiro atoms. The molecule has 2 amide bonds. The van der Waals surface area contributed by atoms with Gasteiger partial charge in [-0.2, -0.15) is 0 Å². The molecule has 1 aromatic carbocycles. The number of hydrogen-bond acceptors (Lipinski definition) is 5. The van der Waals surface area contributed by atoms with Crippen molar-refractivity contribution in [3.05, 3.63) is 23.8 Å². The summed E-state index contributed by atoms with van der Waals surface area (Å²) in [5, 5.41) is 0. The van der Waals surface area contributed by atoms with Gasteiger partial charge in [-0.15, -0.1) is 0 Å². The molecular formula is C25H36N2O5. The zero-order chi connectivity index (χ0) is 22.6. The fraction of sp³-hybridized carbons (Fsp3) is 0.680. The van der Waals surface area contributed by atoms with Crippen molar-refractivity contribution in [2.45, 2.75) is 57.4 Å². The molecule has 3 aliphatic rings. The van der Waals surface area contributed by atoms with Crippen LogP contribution in [0.4, 0.5) is 0 Å². The predicted molar refractivity (Wildman–Crippen MR) is 121 cm³/mol. The van der Waals surface area contributed by atoms with E-state index >= 15 is 0 Å². The van der Waals surface area contributed by atoms with Gasteiger partial charge in [0.25, 0.3) is 0 Å². The number of nitrogens with zero attached hydrogens (tertiary/aromatic N) is 2. The quantitative estimate of drug-likeness (QED) is 0.698. The Labute approximate surface area is 191 Å². The van der Waals surface area contributed by atoms with Gasteiger partial charge in [0, 0.05) is 43.8 Å². The highest BCUT2D eigenvalue weighted by Crippen LogP contribution is 2.45. The lowest BCUT2D eigenvalue weighted by molar-refractivity contribution is -0.161. The Kier molecular flexibility index (Phi) is 7.23. The number of carbonyl (C=O) groups excluding carboxylic acids is 2. The summed E-state index contributed by atoms with van der Waals surface area (Å²) in [6.45, 7) is 3.55. The number of rotatable bonds is 5. The molecule has 0 saturated carbocycles. The Morgan fingerprint density at radius 1 is 1.00 bits per heavy atom. The lowest BCUT2D eigenvalue weighted by atomic mass is 9.67. The van der Waals surface area contributed by atoms with Crippen LogP contribution in [0.2, 0.25) is 0 Å². The minimum Gasteiger partial charge on any atom is -0.497 e. The van der Waals surface area contributed by atoms with Gasteiger partial charge < -0.3 is 24.0 Å². The van der Waals surface area contributed by atoms with Crippen molar-refractivity contribution < 1.29 is 23.8 Å². The van der Waals surface area contributed by atoms with Crippen LogP contribution in [-0.2, 0) is 20.7 Å². The molecule has 3 heterocycles. The van der Waals surface area contributed by atoms with E-state index in [0.717, 1.165) is 57.2 Å². The normalized spacial score (nSPS) is 23.1. The van der Waals surface area contributed by atoms with Crippen molar-refractivity contribution in [3.8, 4) is 11.5 Å². The van der Waals surface area contributed by atoms with E-state index in [-0.39, 0.29) is 23.7 Å². The Morgan fingerprint density at radius 2 is 1.75 bits per heavy atom. The van der Waals surface area contributed by atoms with Crippen molar-refractivity contribution in [2.24, 2.45) is 5.41 Å². The number of carbonyl (C=O) groups is 2. The zero-order valence-electron chi connectivity index (χ0n) is 19.4. The van der Waals surface area contributed by atoms with Crippen LogP contribution in [-0.4, -0.2) is 74.7 Å². The van der Waals surface area contributed by atoms with E-state index < -0.39 is 6.04 Å². The average Bonchev–Trinajstić information content (AvgIpc) is 2.84. The molecule has 0 aromatic heterocycles. The monoisotopic (exact) mass is 444 g/mol. The predicted octanol–water partition coefficient (Wildman–Crippen LogP) is 3.05. The third-order valence-corrected chi connectivity index (χ3v) is 7.51. The van der Waals surface area contributed by atoms with Gasteiger partial charge in [-0.1, -0.05) is 0 Å². The largest absolute Gasteiger partial charge is 0.497 e. The summed E-state index contributed by atoms with van der Waals surface area (Å²) >= 11 is 0. The molecule has 1 unspecified atom stereocenters. The van der Waals surface area contributed by atoms with Crippen LogP contribution in [0.15, 0.2) is 18.2 Å². The Balaban J connectivity index is 1.62. The maximum Gasteiger partial charge on any atom is 0.245 e. The lowest BCUT2D eigenvalue weighted by Crippen LogP contribution is -2.63. The van der Waals surface area contributed by atoms with Crippen molar-refractivity contribution in [1.82, 2.24) is 9.80 Å².